The first-order chi connectivity index (χ1) is 12.5. The maximum absolute atomic E-state index is 12.7. The van der Waals surface area contributed by atoms with E-state index in [-0.39, 0.29) is 28.2 Å². The van der Waals surface area contributed by atoms with Gasteiger partial charge in [0.25, 0.3) is 5.91 Å². The molecule has 0 aliphatic carbocycles. The van der Waals surface area contributed by atoms with E-state index in [0.29, 0.717) is 6.54 Å². The molecule has 0 saturated carbocycles. The van der Waals surface area contributed by atoms with Crippen LogP contribution in [0, 0.1) is 0 Å². The van der Waals surface area contributed by atoms with Crippen LogP contribution in [0.4, 0.5) is 0 Å². The molecule has 140 valence electrons. The molecule has 1 N–H and O–H groups in total. The van der Waals surface area contributed by atoms with Crippen molar-refractivity contribution in [2.24, 2.45) is 0 Å². The predicted molar refractivity (Wildman–Crippen MR) is 104 cm³/mol. The second-order valence-electron chi connectivity index (χ2n) is 6.38. The van der Waals surface area contributed by atoms with Crippen molar-refractivity contribution in [3.8, 4) is 0 Å². The van der Waals surface area contributed by atoms with E-state index >= 15 is 0 Å². The molecule has 0 spiro atoms. The van der Waals surface area contributed by atoms with E-state index < -0.39 is 9.84 Å². The lowest BCUT2D eigenvalue weighted by Crippen LogP contribution is -2.36. The molecular weight excluding hydrogens is 368 g/mol. The second-order valence-corrected chi connectivity index (χ2v) is 9.61. The SMILES string of the molecule is CCS(=O)(=O)c1ccccc1C(=O)NC[C@@H](c1cccs1)N1CCCC1. The molecule has 2 aromatic rings. The standard InChI is InChI=1S/C19H24N2O3S2/c1-2-26(23,24)18-10-4-3-8-15(18)19(22)20-14-16(17-9-7-13-25-17)21-11-5-6-12-21/h3-4,7-10,13,16H,2,5-6,11-12,14H2,1H3,(H,20,22)/t16-/m0/s1. The average molecular weight is 393 g/mol. The smallest absolute Gasteiger partial charge is 0.252 e. The first-order valence-electron chi connectivity index (χ1n) is 8.90. The number of rotatable bonds is 7. The van der Waals surface area contributed by atoms with Crippen LogP contribution in [-0.2, 0) is 9.84 Å². The summed E-state index contributed by atoms with van der Waals surface area (Å²) in [6, 6.07) is 10.7. The third kappa shape index (κ3) is 4.16. The van der Waals surface area contributed by atoms with Crippen LogP contribution in [0.5, 0.6) is 0 Å². The van der Waals surface area contributed by atoms with Gasteiger partial charge in [-0.1, -0.05) is 25.1 Å². The maximum Gasteiger partial charge on any atom is 0.252 e. The molecule has 1 aliphatic rings. The first-order valence-corrected chi connectivity index (χ1v) is 11.4. The van der Waals surface area contributed by atoms with Crippen molar-refractivity contribution in [1.82, 2.24) is 10.2 Å². The Bertz CT molecular complexity index is 841. The predicted octanol–water partition coefficient (Wildman–Crippen LogP) is 3.11. The molecule has 3 rings (SSSR count). The van der Waals surface area contributed by atoms with Gasteiger partial charge in [-0.25, -0.2) is 8.42 Å². The topological polar surface area (TPSA) is 66.5 Å². The van der Waals surface area contributed by atoms with Crippen LogP contribution in [0.25, 0.3) is 0 Å². The molecule has 1 amide bonds. The van der Waals surface area contributed by atoms with Gasteiger partial charge in [-0.2, -0.15) is 0 Å². The number of hydrogen-bond acceptors (Lipinski definition) is 5. The van der Waals surface area contributed by atoms with Gasteiger partial charge in [-0.15, -0.1) is 11.3 Å². The fraction of sp³-hybridized carbons (Fsp3) is 0.421. The van der Waals surface area contributed by atoms with Gasteiger partial charge in [-0.05, 0) is 49.5 Å². The highest BCUT2D eigenvalue weighted by Gasteiger charge is 2.26. The van der Waals surface area contributed by atoms with Gasteiger partial charge in [-0.3, -0.25) is 9.69 Å². The Morgan fingerprint density at radius 2 is 1.92 bits per heavy atom. The Balaban J connectivity index is 1.77. The number of hydrogen-bond donors (Lipinski definition) is 1. The maximum atomic E-state index is 12.7. The quantitative estimate of drug-likeness (QED) is 0.786. The van der Waals surface area contributed by atoms with Gasteiger partial charge < -0.3 is 5.32 Å². The van der Waals surface area contributed by atoms with Gasteiger partial charge >= 0.3 is 0 Å². The number of benzene rings is 1. The van der Waals surface area contributed by atoms with E-state index in [0.717, 1.165) is 13.1 Å². The average Bonchev–Trinajstić information content (AvgIpc) is 3.36. The number of thiophene rings is 1. The molecule has 1 aromatic heterocycles. The summed E-state index contributed by atoms with van der Waals surface area (Å²) in [4.78, 5) is 16.4. The zero-order chi connectivity index (χ0) is 18.6. The fourth-order valence-electron chi connectivity index (χ4n) is 3.31. The molecule has 0 unspecified atom stereocenters. The Labute approximate surface area is 159 Å². The van der Waals surface area contributed by atoms with Gasteiger partial charge in [0.1, 0.15) is 0 Å². The Morgan fingerprint density at radius 3 is 2.58 bits per heavy atom. The highest BCUT2D eigenvalue weighted by Crippen LogP contribution is 2.28. The number of carbonyl (C=O) groups excluding carboxylic acids is 1. The lowest BCUT2D eigenvalue weighted by atomic mass is 10.1. The van der Waals surface area contributed by atoms with Crippen molar-refractivity contribution in [3.63, 3.8) is 0 Å². The molecule has 1 aliphatic heterocycles. The monoisotopic (exact) mass is 392 g/mol. The molecule has 26 heavy (non-hydrogen) atoms. The number of carbonyl (C=O) groups is 1. The normalized spacial score (nSPS) is 16.5. The van der Waals surface area contributed by atoms with E-state index in [2.05, 4.69) is 16.3 Å². The first kappa shape index (κ1) is 19.1. The van der Waals surface area contributed by atoms with E-state index in [1.54, 1.807) is 36.5 Å². The summed E-state index contributed by atoms with van der Waals surface area (Å²) in [5.74, 6) is -0.360. The lowest BCUT2D eigenvalue weighted by Gasteiger charge is -2.27. The largest absolute Gasteiger partial charge is 0.350 e. The number of sulfone groups is 1. The molecule has 0 bridgehead atoms. The van der Waals surface area contributed by atoms with Crippen molar-refractivity contribution in [3.05, 3.63) is 52.2 Å². The van der Waals surface area contributed by atoms with Crippen LogP contribution in [0.2, 0.25) is 0 Å². The Morgan fingerprint density at radius 1 is 1.19 bits per heavy atom. The van der Waals surface area contributed by atoms with Crippen molar-refractivity contribution in [1.29, 1.82) is 0 Å². The number of likely N-dealkylation sites (tertiary alicyclic amines) is 1. The van der Waals surface area contributed by atoms with Crippen LogP contribution in [-0.4, -0.2) is 44.6 Å². The number of amides is 1. The molecule has 1 aromatic carbocycles. The van der Waals surface area contributed by atoms with Gasteiger partial charge in [0.05, 0.1) is 22.3 Å². The third-order valence-electron chi connectivity index (χ3n) is 4.76. The minimum absolute atomic E-state index is 0.0249. The van der Waals surface area contributed by atoms with Crippen molar-refractivity contribution in [2.75, 3.05) is 25.4 Å². The summed E-state index contributed by atoms with van der Waals surface area (Å²) < 4.78 is 24.5. The molecule has 1 atom stereocenters. The molecule has 1 fully saturated rings. The summed E-state index contributed by atoms with van der Waals surface area (Å²) in [6.45, 7) is 4.11. The van der Waals surface area contributed by atoms with Crippen molar-refractivity contribution >= 4 is 27.1 Å². The highest BCUT2D eigenvalue weighted by atomic mass is 32.2. The van der Waals surface area contributed by atoms with Crippen LogP contribution in [0.15, 0.2) is 46.7 Å². The summed E-state index contributed by atoms with van der Waals surface area (Å²) >= 11 is 1.69. The number of nitrogens with zero attached hydrogens (tertiary/aromatic N) is 1. The minimum Gasteiger partial charge on any atom is -0.350 e. The zero-order valence-electron chi connectivity index (χ0n) is 14.8. The van der Waals surface area contributed by atoms with Gasteiger partial charge in [0.2, 0.25) is 0 Å². The van der Waals surface area contributed by atoms with E-state index in [1.165, 1.54) is 23.8 Å². The summed E-state index contributed by atoms with van der Waals surface area (Å²) in [5.41, 5.74) is 0.223. The molecular formula is C19H24N2O3S2. The summed E-state index contributed by atoms with van der Waals surface area (Å²) in [7, 11) is -3.44. The van der Waals surface area contributed by atoms with Crippen LogP contribution >= 0.6 is 11.3 Å². The summed E-state index contributed by atoms with van der Waals surface area (Å²) in [5, 5.41) is 5.01. The third-order valence-corrected chi connectivity index (χ3v) is 7.52. The van der Waals surface area contributed by atoms with E-state index in [4.69, 9.17) is 0 Å². The Kier molecular flexibility index (Phi) is 6.11. The minimum atomic E-state index is -3.44. The fourth-order valence-corrected chi connectivity index (χ4v) is 5.26. The molecule has 1 saturated heterocycles. The molecule has 7 heteroatoms. The van der Waals surface area contributed by atoms with E-state index in [1.807, 2.05) is 11.4 Å². The molecule has 2 heterocycles. The second kappa shape index (κ2) is 8.33. The lowest BCUT2D eigenvalue weighted by molar-refractivity contribution is 0.0935. The van der Waals surface area contributed by atoms with Crippen molar-refractivity contribution < 1.29 is 13.2 Å². The Hall–Kier alpha value is -1.70. The number of nitrogens with one attached hydrogen (secondary N) is 1. The van der Waals surface area contributed by atoms with Gasteiger partial charge in [0.15, 0.2) is 9.84 Å². The zero-order valence-corrected chi connectivity index (χ0v) is 16.5. The van der Waals surface area contributed by atoms with Crippen LogP contribution in [0.3, 0.4) is 0 Å². The van der Waals surface area contributed by atoms with Crippen LogP contribution < -0.4 is 5.32 Å². The highest BCUT2D eigenvalue weighted by molar-refractivity contribution is 7.91. The summed E-state index contributed by atoms with van der Waals surface area (Å²) in [6.07, 6.45) is 2.35. The van der Waals surface area contributed by atoms with E-state index in [9.17, 15) is 13.2 Å². The molecule has 5 nitrogen and oxygen atoms in total. The van der Waals surface area contributed by atoms with Crippen LogP contribution in [0.1, 0.15) is 41.0 Å². The molecule has 0 radical (unpaired) electrons. The van der Waals surface area contributed by atoms with Crippen molar-refractivity contribution in [2.45, 2.75) is 30.7 Å². The van der Waals surface area contributed by atoms with Gasteiger partial charge in [0, 0.05) is 11.4 Å².